The Morgan fingerprint density at radius 1 is 1.28 bits per heavy atom. The zero-order valence-corrected chi connectivity index (χ0v) is 16.3. The van der Waals surface area contributed by atoms with E-state index >= 15 is 0 Å². The normalized spacial score (nSPS) is 12.4. The number of nitrogens with zero attached hydrogens (tertiary/aromatic N) is 1. The van der Waals surface area contributed by atoms with Gasteiger partial charge in [0.15, 0.2) is 0 Å². The molecule has 0 bridgehead atoms. The van der Waals surface area contributed by atoms with Crippen molar-refractivity contribution >= 4 is 21.6 Å². The SMILES string of the molecule is C=CCN(c1ccc(C(=O)NC[C@H](CC)CCCC)cc1)S(C)(=O)=O. The monoisotopic (exact) mass is 366 g/mol. The van der Waals surface area contributed by atoms with E-state index in [0.717, 1.165) is 25.5 Å². The zero-order chi connectivity index (χ0) is 18.9. The van der Waals surface area contributed by atoms with Gasteiger partial charge in [-0.1, -0.05) is 39.2 Å². The highest BCUT2D eigenvalue weighted by atomic mass is 32.2. The third kappa shape index (κ3) is 6.90. The second-order valence-corrected chi connectivity index (χ2v) is 8.16. The summed E-state index contributed by atoms with van der Waals surface area (Å²) in [5.74, 6) is 0.368. The van der Waals surface area contributed by atoms with Crippen molar-refractivity contribution in [1.29, 1.82) is 0 Å². The van der Waals surface area contributed by atoms with Gasteiger partial charge in [0.1, 0.15) is 0 Å². The minimum atomic E-state index is -3.39. The molecule has 1 amide bonds. The number of unbranched alkanes of at least 4 members (excludes halogenated alkanes) is 1. The molecule has 0 fully saturated rings. The van der Waals surface area contributed by atoms with Gasteiger partial charge in [-0.25, -0.2) is 8.42 Å². The van der Waals surface area contributed by atoms with Gasteiger partial charge in [-0.15, -0.1) is 6.58 Å². The van der Waals surface area contributed by atoms with Gasteiger partial charge in [0.25, 0.3) is 5.91 Å². The summed E-state index contributed by atoms with van der Waals surface area (Å²) < 4.78 is 24.9. The maximum Gasteiger partial charge on any atom is 0.251 e. The third-order valence-electron chi connectivity index (χ3n) is 4.21. The van der Waals surface area contributed by atoms with E-state index in [9.17, 15) is 13.2 Å². The molecule has 0 spiro atoms. The number of amides is 1. The molecule has 1 aromatic rings. The molecule has 0 saturated heterocycles. The topological polar surface area (TPSA) is 66.5 Å². The largest absolute Gasteiger partial charge is 0.352 e. The smallest absolute Gasteiger partial charge is 0.251 e. The molecule has 1 rings (SSSR count). The summed E-state index contributed by atoms with van der Waals surface area (Å²) in [6.07, 6.45) is 7.18. The molecular weight excluding hydrogens is 336 g/mol. The molecule has 1 N–H and O–H groups in total. The first-order valence-electron chi connectivity index (χ1n) is 8.80. The maximum absolute atomic E-state index is 12.3. The average molecular weight is 367 g/mol. The van der Waals surface area contributed by atoms with E-state index in [4.69, 9.17) is 0 Å². The molecule has 0 unspecified atom stereocenters. The Labute approximate surface area is 152 Å². The van der Waals surface area contributed by atoms with Crippen LogP contribution in [0.25, 0.3) is 0 Å². The summed E-state index contributed by atoms with van der Waals surface area (Å²) in [6.45, 7) is 8.75. The van der Waals surface area contributed by atoms with E-state index in [1.165, 1.54) is 16.8 Å². The standard InChI is InChI=1S/C19H30N2O3S/c1-5-8-9-16(7-3)15-20-19(22)17-10-12-18(13-11-17)21(14-6-2)25(4,23)24/h6,10-13,16H,2,5,7-9,14-15H2,1,3-4H3,(H,20,22)/t16-/m1/s1. The van der Waals surface area contributed by atoms with E-state index in [1.807, 2.05) is 0 Å². The molecule has 0 radical (unpaired) electrons. The fraction of sp³-hybridized carbons (Fsp3) is 0.526. The number of carbonyl (C=O) groups excluding carboxylic acids is 1. The summed E-state index contributed by atoms with van der Waals surface area (Å²) in [5, 5.41) is 2.98. The van der Waals surface area contributed by atoms with Crippen LogP contribution in [0.1, 0.15) is 49.9 Å². The number of nitrogens with one attached hydrogen (secondary N) is 1. The molecule has 6 heteroatoms. The number of sulfonamides is 1. The molecule has 0 saturated carbocycles. The van der Waals surface area contributed by atoms with Gasteiger partial charge in [-0.05, 0) is 36.6 Å². The first kappa shape index (κ1) is 21.2. The molecular formula is C19H30N2O3S. The number of benzene rings is 1. The van der Waals surface area contributed by atoms with Crippen molar-refractivity contribution < 1.29 is 13.2 Å². The van der Waals surface area contributed by atoms with Crippen molar-refractivity contribution in [3.63, 3.8) is 0 Å². The van der Waals surface area contributed by atoms with Crippen LogP contribution in [0.4, 0.5) is 5.69 Å². The fourth-order valence-electron chi connectivity index (χ4n) is 2.61. The highest BCUT2D eigenvalue weighted by molar-refractivity contribution is 7.92. The highest BCUT2D eigenvalue weighted by Gasteiger charge is 2.16. The van der Waals surface area contributed by atoms with Crippen LogP contribution in [-0.2, 0) is 10.0 Å². The Balaban J connectivity index is 2.74. The molecule has 25 heavy (non-hydrogen) atoms. The number of anilines is 1. The molecule has 5 nitrogen and oxygen atoms in total. The molecule has 0 aliphatic heterocycles. The second-order valence-electron chi connectivity index (χ2n) is 6.26. The lowest BCUT2D eigenvalue weighted by Crippen LogP contribution is -2.30. The first-order valence-corrected chi connectivity index (χ1v) is 10.6. The van der Waals surface area contributed by atoms with E-state index in [1.54, 1.807) is 24.3 Å². The van der Waals surface area contributed by atoms with E-state index in [0.29, 0.717) is 23.7 Å². The Hall–Kier alpha value is -1.82. The summed E-state index contributed by atoms with van der Waals surface area (Å²) >= 11 is 0. The van der Waals surface area contributed by atoms with Crippen LogP contribution in [0.5, 0.6) is 0 Å². The summed E-state index contributed by atoms with van der Waals surface area (Å²) in [4.78, 5) is 12.3. The Kier molecular flexibility index (Phi) is 8.69. The average Bonchev–Trinajstić information content (AvgIpc) is 2.59. The lowest BCUT2D eigenvalue weighted by atomic mass is 9.99. The van der Waals surface area contributed by atoms with E-state index in [2.05, 4.69) is 25.7 Å². The van der Waals surface area contributed by atoms with Gasteiger partial charge in [-0.2, -0.15) is 0 Å². The predicted octanol–water partition coefficient (Wildman–Crippen LogP) is 3.58. The second kappa shape index (κ2) is 10.2. The number of rotatable bonds is 11. The van der Waals surface area contributed by atoms with Crippen LogP contribution >= 0.6 is 0 Å². The minimum absolute atomic E-state index is 0.129. The third-order valence-corrected chi connectivity index (χ3v) is 5.37. The molecule has 1 aromatic carbocycles. The van der Waals surface area contributed by atoms with E-state index < -0.39 is 10.0 Å². The first-order chi connectivity index (χ1) is 11.8. The van der Waals surface area contributed by atoms with Crippen molar-refractivity contribution in [2.45, 2.75) is 39.5 Å². The van der Waals surface area contributed by atoms with Gasteiger partial charge < -0.3 is 5.32 Å². The summed E-state index contributed by atoms with van der Waals surface area (Å²) in [5.41, 5.74) is 1.05. The molecule has 0 aliphatic carbocycles. The highest BCUT2D eigenvalue weighted by Crippen LogP contribution is 2.18. The molecule has 0 aliphatic rings. The van der Waals surface area contributed by atoms with Crippen LogP contribution in [0.15, 0.2) is 36.9 Å². The Bertz CT molecular complexity index is 654. The van der Waals surface area contributed by atoms with Crippen molar-refractivity contribution in [1.82, 2.24) is 5.32 Å². The molecule has 0 heterocycles. The van der Waals surface area contributed by atoms with Crippen molar-refractivity contribution in [2.75, 3.05) is 23.7 Å². The lowest BCUT2D eigenvalue weighted by Gasteiger charge is -2.21. The van der Waals surface area contributed by atoms with Crippen molar-refractivity contribution in [2.24, 2.45) is 5.92 Å². The molecule has 1 atom stereocenters. The van der Waals surface area contributed by atoms with Crippen molar-refractivity contribution in [3.8, 4) is 0 Å². The van der Waals surface area contributed by atoms with Gasteiger partial charge >= 0.3 is 0 Å². The van der Waals surface area contributed by atoms with Crippen LogP contribution in [0, 0.1) is 5.92 Å². The quantitative estimate of drug-likeness (QED) is 0.609. The summed E-state index contributed by atoms with van der Waals surface area (Å²) in [6, 6.07) is 6.60. The van der Waals surface area contributed by atoms with Gasteiger partial charge in [-0.3, -0.25) is 9.10 Å². The zero-order valence-electron chi connectivity index (χ0n) is 15.5. The van der Waals surface area contributed by atoms with Crippen molar-refractivity contribution in [3.05, 3.63) is 42.5 Å². The number of carbonyl (C=O) groups is 1. The van der Waals surface area contributed by atoms with Gasteiger partial charge in [0, 0.05) is 12.1 Å². The maximum atomic E-state index is 12.3. The predicted molar refractivity (Wildman–Crippen MR) is 104 cm³/mol. The van der Waals surface area contributed by atoms with E-state index in [-0.39, 0.29) is 12.5 Å². The van der Waals surface area contributed by atoms with Gasteiger partial charge in [0.05, 0.1) is 18.5 Å². The van der Waals surface area contributed by atoms with Gasteiger partial charge in [0.2, 0.25) is 10.0 Å². The summed E-state index contributed by atoms with van der Waals surface area (Å²) in [7, 11) is -3.39. The van der Waals surface area contributed by atoms with Crippen LogP contribution < -0.4 is 9.62 Å². The molecule has 0 aromatic heterocycles. The Morgan fingerprint density at radius 3 is 2.40 bits per heavy atom. The Morgan fingerprint density at radius 2 is 1.92 bits per heavy atom. The molecule has 140 valence electrons. The van der Waals surface area contributed by atoms with Crippen LogP contribution in [0.3, 0.4) is 0 Å². The number of hydrogen-bond acceptors (Lipinski definition) is 3. The minimum Gasteiger partial charge on any atom is -0.352 e. The number of hydrogen-bond donors (Lipinski definition) is 1. The lowest BCUT2D eigenvalue weighted by molar-refractivity contribution is 0.0946. The fourth-order valence-corrected chi connectivity index (χ4v) is 3.49. The van der Waals surface area contributed by atoms with Crippen LogP contribution in [0.2, 0.25) is 0 Å². The van der Waals surface area contributed by atoms with Crippen LogP contribution in [-0.4, -0.2) is 33.7 Å².